The minimum Gasteiger partial charge on any atom is -0.312 e. The average molecular weight is 368 g/mol. The summed E-state index contributed by atoms with van der Waals surface area (Å²) in [5, 5.41) is 2.90. The van der Waals surface area contributed by atoms with E-state index in [0.717, 1.165) is 50.2 Å². The predicted octanol–water partition coefficient (Wildman–Crippen LogP) is 4.60. The highest BCUT2D eigenvalue weighted by Gasteiger charge is 2.33. The third-order valence-corrected chi connectivity index (χ3v) is 7.30. The van der Waals surface area contributed by atoms with Gasteiger partial charge in [0.25, 0.3) is 5.56 Å². The van der Waals surface area contributed by atoms with Crippen LogP contribution < -0.4 is 5.56 Å². The maximum atomic E-state index is 12.4. The minimum atomic E-state index is -0.00304. The van der Waals surface area contributed by atoms with Crippen LogP contribution in [0.25, 0.3) is 21.1 Å². The molecule has 1 aliphatic carbocycles. The maximum Gasteiger partial charge on any atom is 0.257 e. The molecule has 0 radical (unpaired) electrons. The first-order valence-electron chi connectivity index (χ1n) is 9.86. The third-order valence-electron chi connectivity index (χ3n) is 6.35. The lowest BCUT2D eigenvalue weighted by molar-refractivity contribution is 0.0547. The van der Waals surface area contributed by atoms with Crippen LogP contribution in [-0.2, 0) is 6.54 Å². The molecule has 2 fully saturated rings. The smallest absolute Gasteiger partial charge is 0.257 e. The standard InChI is InChI=1S/C21H25N3OS/c1-13-6-4-9-15-18(13)19-21(23-20(15)25)26-17(22-19)12-24-11-5-8-14-7-2-3-10-16(14)24/h4,6,9,14,16H,2-3,5,7-8,10-12H2,1H3,(H,23,25). The fraction of sp³-hybridized carbons (Fsp3) is 0.524. The Bertz CT molecular complexity index is 1020. The van der Waals surface area contributed by atoms with E-state index in [9.17, 15) is 4.79 Å². The van der Waals surface area contributed by atoms with Gasteiger partial charge in [0, 0.05) is 16.8 Å². The Morgan fingerprint density at radius 2 is 2.08 bits per heavy atom. The van der Waals surface area contributed by atoms with E-state index in [-0.39, 0.29) is 5.56 Å². The monoisotopic (exact) mass is 367 g/mol. The number of hydrogen-bond donors (Lipinski definition) is 1. The van der Waals surface area contributed by atoms with Crippen molar-refractivity contribution >= 4 is 32.5 Å². The number of nitrogens with zero attached hydrogens (tertiary/aromatic N) is 2. The number of benzene rings is 1. The highest BCUT2D eigenvalue weighted by molar-refractivity contribution is 7.18. The molecular formula is C21H25N3OS. The van der Waals surface area contributed by atoms with Crippen molar-refractivity contribution in [3.63, 3.8) is 0 Å². The zero-order valence-corrected chi connectivity index (χ0v) is 16.1. The Labute approximate surface area is 157 Å². The SMILES string of the molecule is Cc1cccc2c(=O)[nH]c3sc(CN4CCCC5CCCCC54)nc3c12. The summed E-state index contributed by atoms with van der Waals surface area (Å²) in [6.45, 7) is 4.18. The van der Waals surface area contributed by atoms with Gasteiger partial charge in [-0.05, 0) is 56.7 Å². The van der Waals surface area contributed by atoms with Gasteiger partial charge in [0.2, 0.25) is 0 Å². The zero-order valence-electron chi connectivity index (χ0n) is 15.3. The van der Waals surface area contributed by atoms with E-state index in [0.29, 0.717) is 0 Å². The molecule has 3 heterocycles. The fourth-order valence-corrected chi connectivity index (χ4v) is 6.12. The maximum absolute atomic E-state index is 12.4. The molecule has 26 heavy (non-hydrogen) atoms. The topological polar surface area (TPSA) is 49.0 Å². The molecule has 0 spiro atoms. The third kappa shape index (κ3) is 2.69. The molecule has 0 bridgehead atoms. The van der Waals surface area contributed by atoms with E-state index >= 15 is 0 Å². The Morgan fingerprint density at radius 1 is 1.23 bits per heavy atom. The summed E-state index contributed by atoms with van der Waals surface area (Å²) in [4.78, 5) is 24.1. The van der Waals surface area contributed by atoms with Crippen molar-refractivity contribution in [1.29, 1.82) is 0 Å². The molecule has 1 aromatic carbocycles. The Morgan fingerprint density at radius 3 is 3.00 bits per heavy atom. The summed E-state index contributed by atoms with van der Waals surface area (Å²) >= 11 is 1.66. The fourth-order valence-electron chi connectivity index (χ4n) is 5.13. The van der Waals surface area contributed by atoms with Gasteiger partial charge in [-0.15, -0.1) is 0 Å². The molecule has 3 aromatic rings. The number of pyridine rings is 1. The summed E-state index contributed by atoms with van der Waals surface area (Å²) in [5.74, 6) is 0.884. The molecule has 1 saturated carbocycles. The lowest BCUT2D eigenvalue weighted by atomic mass is 9.78. The van der Waals surface area contributed by atoms with Gasteiger partial charge in [0.1, 0.15) is 15.4 Å². The van der Waals surface area contributed by atoms with Crippen LogP contribution in [0, 0.1) is 12.8 Å². The van der Waals surface area contributed by atoms with Gasteiger partial charge in [-0.1, -0.05) is 36.3 Å². The number of rotatable bonds is 2. The molecule has 136 valence electrons. The number of fused-ring (bicyclic) bond motifs is 4. The van der Waals surface area contributed by atoms with Crippen molar-refractivity contribution in [3.8, 4) is 0 Å². The summed E-state index contributed by atoms with van der Waals surface area (Å²) in [5.41, 5.74) is 2.09. The van der Waals surface area contributed by atoms with Crippen LogP contribution in [0.4, 0.5) is 0 Å². The van der Waals surface area contributed by atoms with Crippen LogP contribution in [0.1, 0.15) is 49.1 Å². The summed E-state index contributed by atoms with van der Waals surface area (Å²) in [6.07, 6.45) is 8.23. The number of aryl methyl sites for hydroxylation is 1. The largest absolute Gasteiger partial charge is 0.312 e. The molecule has 1 aliphatic heterocycles. The Balaban J connectivity index is 1.54. The van der Waals surface area contributed by atoms with Gasteiger partial charge in [-0.2, -0.15) is 0 Å². The summed E-state index contributed by atoms with van der Waals surface area (Å²) in [7, 11) is 0. The van der Waals surface area contributed by atoms with Crippen molar-refractivity contribution in [1.82, 2.24) is 14.9 Å². The average Bonchev–Trinajstić information content (AvgIpc) is 3.04. The molecule has 2 aromatic heterocycles. The van der Waals surface area contributed by atoms with Crippen molar-refractivity contribution in [2.45, 2.75) is 58.0 Å². The van der Waals surface area contributed by atoms with Crippen LogP contribution in [0.3, 0.4) is 0 Å². The van der Waals surface area contributed by atoms with E-state index < -0.39 is 0 Å². The number of thiazole rings is 1. The number of hydrogen-bond acceptors (Lipinski definition) is 4. The van der Waals surface area contributed by atoms with Crippen LogP contribution in [0.15, 0.2) is 23.0 Å². The first-order chi connectivity index (χ1) is 12.7. The van der Waals surface area contributed by atoms with E-state index in [4.69, 9.17) is 4.98 Å². The molecule has 0 amide bonds. The molecule has 5 heteroatoms. The normalized spacial score (nSPS) is 24.2. The van der Waals surface area contributed by atoms with Gasteiger partial charge in [-0.25, -0.2) is 4.98 Å². The number of likely N-dealkylation sites (tertiary alicyclic amines) is 1. The lowest BCUT2D eigenvalue weighted by Crippen LogP contribution is -2.46. The van der Waals surface area contributed by atoms with E-state index in [1.807, 2.05) is 12.1 Å². The number of aromatic amines is 1. The second-order valence-corrected chi connectivity index (χ2v) is 9.05. The molecular weight excluding hydrogens is 342 g/mol. The summed E-state index contributed by atoms with van der Waals surface area (Å²) < 4.78 is 0. The minimum absolute atomic E-state index is 0.00304. The first-order valence-corrected chi connectivity index (χ1v) is 10.7. The van der Waals surface area contributed by atoms with Crippen LogP contribution in [-0.4, -0.2) is 27.5 Å². The van der Waals surface area contributed by atoms with Crippen molar-refractivity contribution in [2.24, 2.45) is 5.92 Å². The van der Waals surface area contributed by atoms with E-state index in [1.54, 1.807) is 11.3 Å². The zero-order chi connectivity index (χ0) is 17.7. The summed E-state index contributed by atoms with van der Waals surface area (Å²) in [6, 6.07) is 6.65. The molecule has 2 atom stereocenters. The molecule has 2 aliphatic rings. The van der Waals surface area contributed by atoms with Crippen LogP contribution in [0.2, 0.25) is 0 Å². The van der Waals surface area contributed by atoms with Gasteiger partial charge in [0.05, 0.1) is 6.54 Å². The molecule has 5 rings (SSSR count). The van der Waals surface area contributed by atoms with E-state index in [2.05, 4.69) is 22.9 Å². The second-order valence-electron chi connectivity index (χ2n) is 7.96. The number of nitrogens with one attached hydrogen (secondary N) is 1. The van der Waals surface area contributed by atoms with Crippen LogP contribution >= 0.6 is 11.3 Å². The number of aromatic nitrogens is 2. The van der Waals surface area contributed by atoms with Gasteiger partial charge >= 0.3 is 0 Å². The number of piperidine rings is 1. The lowest BCUT2D eigenvalue weighted by Gasteiger charge is -2.43. The van der Waals surface area contributed by atoms with Gasteiger partial charge in [0.15, 0.2) is 0 Å². The number of H-pyrrole nitrogens is 1. The first kappa shape index (κ1) is 16.5. The quantitative estimate of drug-likeness (QED) is 0.720. The predicted molar refractivity (Wildman–Crippen MR) is 108 cm³/mol. The highest BCUT2D eigenvalue weighted by Crippen LogP contribution is 2.37. The second kappa shape index (κ2) is 6.46. The van der Waals surface area contributed by atoms with Crippen molar-refractivity contribution in [3.05, 3.63) is 39.1 Å². The van der Waals surface area contributed by atoms with E-state index in [1.165, 1.54) is 45.1 Å². The molecule has 2 unspecified atom stereocenters. The Hall–Kier alpha value is -1.72. The highest BCUT2D eigenvalue weighted by atomic mass is 32.1. The van der Waals surface area contributed by atoms with Crippen molar-refractivity contribution < 1.29 is 0 Å². The molecule has 1 N–H and O–H groups in total. The Kier molecular flexibility index (Phi) is 4.09. The van der Waals surface area contributed by atoms with Crippen LogP contribution in [0.5, 0.6) is 0 Å². The van der Waals surface area contributed by atoms with Gasteiger partial charge in [-0.3, -0.25) is 9.69 Å². The molecule has 1 saturated heterocycles. The molecule has 4 nitrogen and oxygen atoms in total. The van der Waals surface area contributed by atoms with Crippen molar-refractivity contribution in [2.75, 3.05) is 6.54 Å². The van der Waals surface area contributed by atoms with Gasteiger partial charge < -0.3 is 4.98 Å².